The number of anilines is 1. The second kappa shape index (κ2) is 5.60. The maximum Gasteiger partial charge on any atom is 0.0420 e. The molecular formula is C13H14BrNS. The van der Waals surface area contributed by atoms with E-state index in [1.165, 1.54) is 16.5 Å². The number of benzene rings is 2. The van der Waals surface area contributed by atoms with Crippen molar-refractivity contribution in [3.05, 3.63) is 40.9 Å². The first-order chi connectivity index (χ1) is 7.83. The van der Waals surface area contributed by atoms with Crippen LogP contribution in [0.4, 0.5) is 5.69 Å². The van der Waals surface area contributed by atoms with Crippen LogP contribution in [0.25, 0.3) is 10.8 Å². The van der Waals surface area contributed by atoms with Gasteiger partial charge in [0, 0.05) is 27.8 Å². The molecule has 84 valence electrons. The van der Waals surface area contributed by atoms with E-state index in [0.29, 0.717) is 0 Å². The van der Waals surface area contributed by atoms with Gasteiger partial charge in [0.1, 0.15) is 0 Å². The van der Waals surface area contributed by atoms with Gasteiger partial charge in [-0.2, -0.15) is 11.8 Å². The third-order valence-corrected chi connectivity index (χ3v) is 3.80. The zero-order valence-corrected chi connectivity index (χ0v) is 11.6. The molecule has 0 bridgehead atoms. The fourth-order valence-electron chi connectivity index (χ4n) is 1.70. The Bertz CT molecular complexity index is 484. The van der Waals surface area contributed by atoms with Crippen molar-refractivity contribution in [2.24, 2.45) is 0 Å². The monoisotopic (exact) mass is 295 g/mol. The van der Waals surface area contributed by atoms with Crippen molar-refractivity contribution < 1.29 is 0 Å². The predicted octanol–water partition coefficient (Wildman–Crippen LogP) is 4.38. The van der Waals surface area contributed by atoms with Gasteiger partial charge in [-0.1, -0.05) is 40.2 Å². The SMILES string of the molecule is CSCCNc1ccc(Br)c2ccccc12. The summed E-state index contributed by atoms with van der Waals surface area (Å²) in [4.78, 5) is 0. The van der Waals surface area contributed by atoms with Crippen LogP contribution in [0.15, 0.2) is 40.9 Å². The number of rotatable bonds is 4. The third kappa shape index (κ3) is 2.53. The summed E-state index contributed by atoms with van der Waals surface area (Å²) in [5.41, 5.74) is 1.22. The van der Waals surface area contributed by atoms with Gasteiger partial charge in [-0.15, -0.1) is 0 Å². The maximum absolute atomic E-state index is 3.58. The van der Waals surface area contributed by atoms with E-state index in [0.717, 1.165) is 16.8 Å². The summed E-state index contributed by atoms with van der Waals surface area (Å²) in [6.07, 6.45) is 2.13. The van der Waals surface area contributed by atoms with Gasteiger partial charge < -0.3 is 5.32 Å². The Morgan fingerprint density at radius 1 is 1.12 bits per heavy atom. The lowest BCUT2D eigenvalue weighted by atomic mass is 10.1. The number of thioether (sulfide) groups is 1. The van der Waals surface area contributed by atoms with Gasteiger partial charge >= 0.3 is 0 Å². The van der Waals surface area contributed by atoms with Crippen molar-refractivity contribution >= 4 is 44.2 Å². The van der Waals surface area contributed by atoms with Crippen molar-refractivity contribution in [2.75, 3.05) is 23.9 Å². The molecule has 0 aromatic heterocycles. The van der Waals surface area contributed by atoms with Gasteiger partial charge in [0.05, 0.1) is 0 Å². The van der Waals surface area contributed by atoms with Crippen LogP contribution >= 0.6 is 27.7 Å². The van der Waals surface area contributed by atoms with Gasteiger partial charge in [0.25, 0.3) is 0 Å². The molecule has 0 saturated heterocycles. The van der Waals surface area contributed by atoms with Crippen LogP contribution in [-0.2, 0) is 0 Å². The molecule has 16 heavy (non-hydrogen) atoms. The van der Waals surface area contributed by atoms with Crippen LogP contribution in [0, 0.1) is 0 Å². The number of fused-ring (bicyclic) bond motifs is 1. The highest BCUT2D eigenvalue weighted by molar-refractivity contribution is 9.10. The lowest BCUT2D eigenvalue weighted by Crippen LogP contribution is -2.03. The van der Waals surface area contributed by atoms with Crippen LogP contribution in [-0.4, -0.2) is 18.6 Å². The smallest absolute Gasteiger partial charge is 0.0420 e. The lowest BCUT2D eigenvalue weighted by molar-refractivity contribution is 1.24. The van der Waals surface area contributed by atoms with Gasteiger partial charge in [-0.3, -0.25) is 0 Å². The van der Waals surface area contributed by atoms with Crippen molar-refractivity contribution in [2.45, 2.75) is 0 Å². The van der Waals surface area contributed by atoms with Crippen LogP contribution in [0.1, 0.15) is 0 Å². The molecular weight excluding hydrogens is 282 g/mol. The number of nitrogens with one attached hydrogen (secondary N) is 1. The first-order valence-corrected chi connectivity index (χ1v) is 7.41. The Labute approximate surface area is 109 Å². The fourth-order valence-corrected chi connectivity index (χ4v) is 2.49. The molecule has 0 radical (unpaired) electrons. The van der Waals surface area contributed by atoms with Crippen LogP contribution in [0.3, 0.4) is 0 Å². The predicted molar refractivity (Wildman–Crippen MR) is 78.5 cm³/mol. The molecule has 0 atom stereocenters. The molecule has 0 fully saturated rings. The molecule has 1 nitrogen and oxygen atoms in total. The van der Waals surface area contributed by atoms with Gasteiger partial charge in [0.15, 0.2) is 0 Å². The molecule has 0 amide bonds. The zero-order valence-electron chi connectivity index (χ0n) is 9.16. The highest BCUT2D eigenvalue weighted by Gasteiger charge is 2.02. The largest absolute Gasteiger partial charge is 0.384 e. The van der Waals surface area contributed by atoms with Gasteiger partial charge in [0.2, 0.25) is 0 Å². The molecule has 0 heterocycles. The molecule has 3 heteroatoms. The summed E-state index contributed by atoms with van der Waals surface area (Å²) >= 11 is 5.44. The Morgan fingerprint density at radius 3 is 2.62 bits per heavy atom. The second-order valence-electron chi connectivity index (χ2n) is 3.56. The van der Waals surface area contributed by atoms with Crippen LogP contribution in [0.2, 0.25) is 0 Å². The average molecular weight is 296 g/mol. The van der Waals surface area contributed by atoms with E-state index in [9.17, 15) is 0 Å². The van der Waals surface area contributed by atoms with Gasteiger partial charge in [-0.25, -0.2) is 0 Å². The second-order valence-corrected chi connectivity index (χ2v) is 5.40. The Kier molecular flexibility index (Phi) is 4.13. The van der Waals surface area contributed by atoms with E-state index in [2.05, 4.69) is 63.9 Å². The Balaban J connectivity index is 2.35. The van der Waals surface area contributed by atoms with E-state index in [-0.39, 0.29) is 0 Å². The summed E-state index contributed by atoms with van der Waals surface area (Å²) in [5, 5.41) is 6.01. The average Bonchev–Trinajstić information content (AvgIpc) is 2.33. The summed E-state index contributed by atoms with van der Waals surface area (Å²) in [6, 6.07) is 12.7. The first kappa shape index (κ1) is 11.8. The molecule has 0 aliphatic rings. The number of halogens is 1. The number of hydrogen-bond acceptors (Lipinski definition) is 2. The Morgan fingerprint density at radius 2 is 1.88 bits per heavy atom. The topological polar surface area (TPSA) is 12.0 Å². The van der Waals surface area contributed by atoms with E-state index < -0.39 is 0 Å². The van der Waals surface area contributed by atoms with E-state index >= 15 is 0 Å². The summed E-state index contributed by atoms with van der Waals surface area (Å²) in [5.74, 6) is 1.13. The minimum absolute atomic E-state index is 1.01. The van der Waals surface area contributed by atoms with Crippen molar-refractivity contribution in [3.63, 3.8) is 0 Å². The molecule has 1 N–H and O–H groups in total. The van der Waals surface area contributed by atoms with E-state index in [4.69, 9.17) is 0 Å². The standard InChI is InChI=1S/C13H14BrNS/c1-16-9-8-15-13-7-6-12(14)10-4-2-3-5-11(10)13/h2-7,15H,8-9H2,1H3. The molecule has 0 unspecified atom stereocenters. The van der Waals surface area contributed by atoms with Crippen molar-refractivity contribution in [1.82, 2.24) is 0 Å². The number of hydrogen-bond donors (Lipinski definition) is 1. The summed E-state index contributed by atoms with van der Waals surface area (Å²) in [6.45, 7) is 1.01. The quantitative estimate of drug-likeness (QED) is 0.840. The van der Waals surface area contributed by atoms with Crippen molar-refractivity contribution in [3.8, 4) is 0 Å². The minimum atomic E-state index is 1.01. The lowest BCUT2D eigenvalue weighted by Gasteiger charge is -2.10. The molecule has 0 saturated carbocycles. The molecule has 2 aromatic carbocycles. The third-order valence-electron chi connectivity index (χ3n) is 2.49. The maximum atomic E-state index is 3.58. The van der Waals surface area contributed by atoms with E-state index in [1.54, 1.807) is 0 Å². The van der Waals surface area contributed by atoms with Crippen molar-refractivity contribution in [1.29, 1.82) is 0 Å². The Hall–Kier alpha value is -0.670. The highest BCUT2D eigenvalue weighted by Crippen LogP contribution is 2.29. The fraction of sp³-hybridized carbons (Fsp3) is 0.231. The van der Waals surface area contributed by atoms with Gasteiger partial charge in [-0.05, 0) is 23.8 Å². The normalized spacial score (nSPS) is 10.6. The summed E-state index contributed by atoms with van der Waals surface area (Å²) in [7, 11) is 0. The van der Waals surface area contributed by atoms with E-state index in [1.807, 2.05) is 11.8 Å². The first-order valence-electron chi connectivity index (χ1n) is 5.23. The van der Waals surface area contributed by atoms with Crippen LogP contribution < -0.4 is 5.32 Å². The summed E-state index contributed by atoms with van der Waals surface area (Å²) < 4.78 is 1.15. The van der Waals surface area contributed by atoms with Crippen LogP contribution in [0.5, 0.6) is 0 Å². The molecule has 0 aliphatic heterocycles. The molecule has 2 aromatic rings. The molecule has 0 aliphatic carbocycles. The minimum Gasteiger partial charge on any atom is -0.384 e. The molecule has 0 spiro atoms. The molecule has 2 rings (SSSR count). The highest BCUT2D eigenvalue weighted by atomic mass is 79.9. The zero-order chi connectivity index (χ0) is 11.4.